The fourth-order valence-corrected chi connectivity index (χ4v) is 5.70. The largest absolute Gasteiger partial charge is 0.323 e. The van der Waals surface area contributed by atoms with Crippen molar-refractivity contribution in [3.8, 4) is 0 Å². The normalized spacial score (nSPS) is 104. The summed E-state index contributed by atoms with van der Waals surface area (Å²) in [5, 5.41) is 0. The van der Waals surface area contributed by atoms with Crippen molar-refractivity contribution >= 4 is 0 Å². The lowest BCUT2D eigenvalue weighted by molar-refractivity contribution is -0.579. The van der Waals surface area contributed by atoms with E-state index in [1.54, 1.807) is 0 Å². The van der Waals surface area contributed by atoms with E-state index in [1.165, 1.54) is 0 Å². The van der Waals surface area contributed by atoms with Crippen LogP contribution in [0.3, 0.4) is 0 Å². The van der Waals surface area contributed by atoms with Crippen molar-refractivity contribution < 1.29 is 0 Å². The molecule has 6 fully saturated rings. The zero-order valence-corrected chi connectivity index (χ0v) is 5.62. The molecule has 0 heterocycles. The first-order valence-electron chi connectivity index (χ1n) is 4.32. The van der Waals surface area contributed by atoms with Gasteiger partial charge in [-0.1, -0.05) is 0 Å². The summed E-state index contributed by atoms with van der Waals surface area (Å²) < 4.78 is 0. The summed E-state index contributed by atoms with van der Waals surface area (Å²) in [5.74, 6) is 5.75. The van der Waals surface area contributed by atoms with E-state index >= 15 is 0 Å². The Bertz CT molecular complexity index is 248. The highest BCUT2D eigenvalue weighted by molar-refractivity contribution is 5.62. The van der Waals surface area contributed by atoms with Crippen LogP contribution in [0.2, 0.25) is 0 Å². The van der Waals surface area contributed by atoms with Crippen molar-refractivity contribution in [1.82, 2.24) is 0 Å². The highest BCUT2D eigenvalue weighted by atomic mass is 15.3. The molecule has 0 bridgehead atoms. The monoisotopic (exact) mass is 134 g/mol. The lowest BCUT2D eigenvalue weighted by Crippen LogP contribution is -3.20. The summed E-state index contributed by atoms with van der Waals surface area (Å²) in [6.45, 7) is 0. The Morgan fingerprint density at radius 2 is 1.00 bits per heavy atom. The number of hydrogen-bond donors (Lipinski definition) is 2. The summed E-state index contributed by atoms with van der Waals surface area (Å²) in [4.78, 5) is 0. The Kier molecular flexibility index (Phi) is 0.255. The molecule has 4 unspecified atom stereocenters. The van der Waals surface area contributed by atoms with Crippen LogP contribution < -0.4 is 11.5 Å². The van der Waals surface area contributed by atoms with Crippen molar-refractivity contribution in [2.75, 3.05) is 0 Å². The van der Waals surface area contributed by atoms with Gasteiger partial charge in [-0.3, -0.25) is 0 Å². The van der Waals surface area contributed by atoms with Gasteiger partial charge in [-0.2, -0.15) is 0 Å². The molecule has 0 aromatic carbocycles. The zero-order chi connectivity index (χ0) is 6.46. The predicted octanol–water partition coefficient (Wildman–Crippen LogP) is -0.853. The fraction of sp³-hybridized carbons (Fsp3) is 1.00. The van der Waals surface area contributed by atoms with E-state index < -0.39 is 0 Å². The summed E-state index contributed by atoms with van der Waals surface area (Å²) in [5.41, 5.74) is 12.7. The van der Waals surface area contributed by atoms with E-state index in [2.05, 4.69) is 0 Å². The van der Waals surface area contributed by atoms with Crippen LogP contribution in [0.25, 0.3) is 0 Å². The minimum Gasteiger partial charge on any atom is -0.323 e. The average molecular weight is 134 g/mol. The maximum Gasteiger partial charge on any atom is 0.0412 e. The van der Waals surface area contributed by atoms with Gasteiger partial charge in [0.15, 0.2) is 0 Å². The summed E-state index contributed by atoms with van der Waals surface area (Å²) in [6, 6.07) is 0. The Hall–Kier alpha value is -0.0800. The van der Waals surface area contributed by atoms with Gasteiger partial charge in [-0.15, -0.1) is 0 Å². The van der Waals surface area contributed by atoms with Crippen LogP contribution in [-0.4, -0.2) is 11.1 Å². The second-order valence-electron chi connectivity index (χ2n) is 5.12. The van der Waals surface area contributed by atoms with Crippen LogP contribution in [0.5, 0.6) is 0 Å². The summed E-state index contributed by atoms with van der Waals surface area (Å²) in [6.07, 6.45) is 0. The zero-order valence-electron chi connectivity index (χ0n) is 5.62. The van der Waals surface area contributed by atoms with Crippen molar-refractivity contribution in [1.29, 1.82) is 0 Å². The van der Waals surface area contributed by atoms with E-state index in [0.29, 0.717) is 0 Å². The van der Waals surface area contributed by atoms with Crippen LogP contribution >= 0.6 is 0 Å². The first-order valence-corrected chi connectivity index (χ1v) is 4.32. The molecular weight excluding hydrogens is 124 g/mol. The van der Waals surface area contributed by atoms with Crippen LogP contribution in [0.1, 0.15) is 0 Å². The lowest BCUT2D eigenvalue weighted by atomic mass is 8.96. The predicted molar refractivity (Wildman–Crippen MR) is 34.8 cm³/mol. The molecule has 6 saturated carbocycles. The van der Waals surface area contributed by atoms with Gasteiger partial charge < -0.3 is 11.5 Å². The molecular formula is C8H10N2. The van der Waals surface area contributed by atoms with Gasteiger partial charge in [-0.05, 0) is 35.5 Å². The van der Waals surface area contributed by atoms with E-state index in [-0.39, 0.29) is 11.1 Å². The summed E-state index contributed by atoms with van der Waals surface area (Å²) in [7, 11) is 0. The number of nitrogens with two attached hydrogens (primary N) is 2. The topological polar surface area (TPSA) is 52.0 Å². The molecule has 0 radical (unpaired) electrons. The van der Waals surface area contributed by atoms with Crippen molar-refractivity contribution in [3.05, 3.63) is 0 Å². The SMILES string of the molecule is NC12C3C4C5C3C1(N)C5C42. The van der Waals surface area contributed by atoms with Gasteiger partial charge in [0, 0.05) is 11.1 Å². The Balaban J connectivity index is 1.91. The van der Waals surface area contributed by atoms with Gasteiger partial charge >= 0.3 is 0 Å². The Morgan fingerprint density at radius 3 is 1.20 bits per heavy atom. The Labute approximate surface area is 58.9 Å². The second-order valence-corrected chi connectivity index (χ2v) is 5.12. The van der Waals surface area contributed by atoms with Crippen molar-refractivity contribution in [2.45, 2.75) is 11.1 Å². The van der Waals surface area contributed by atoms with E-state index in [4.69, 9.17) is 11.5 Å². The van der Waals surface area contributed by atoms with Crippen LogP contribution in [0.4, 0.5) is 0 Å². The molecule has 6 aliphatic carbocycles. The second kappa shape index (κ2) is 0.625. The third-order valence-corrected chi connectivity index (χ3v) is 5.83. The molecule has 0 spiro atoms. The van der Waals surface area contributed by atoms with Gasteiger partial charge in [0.1, 0.15) is 0 Å². The third-order valence-electron chi connectivity index (χ3n) is 5.83. The molecule has 6 aliphatic rings. The van der Waals surface area contributed by atoms with Crippen LogP contribution in [0.15, 0.2) is 0 Å². The first-order chi connectivity index (χ1) is 4.74. The fourth-order valence-electron chi connectivity index (χ4n) is 5.70. The molecule has 0 aliphatic heterocycles. The molecule has 0 aromatic heterocycles. The van der Waals surface area contributed by atoms with Gasteiger partial charge in [0.05, 0.1) is 0 Å². The molecule has 10 heavy (non-hydrogen) atoms. The highest BCUT2D eigenvalue weighted by Gasteiger charge is 3.09. The average Bonchev–Trinajstić information content (AvgIpc) is 1.90. The summed E-state index contributed by atoms with van der Waals surface area (Å²) >= 11 is 0. The molecule has 0 amide bonds. The van der Waals surface area contributed by atoms with Crippen LogP contribution in [-0.2, 0) is 0 Å². The molecule has 2 nitrogen and oxygen atoms in total. The molecule has 52 valence electrons. The number of hydrogen-bond acceptors (Lipinski definition) is 2. The minimum atomic E-state index is 0.182. The van der Waals surface area contributed by atoms with Crippen molar-refractivity contribution in [2.24, 2.45) is 47.0 Å². The smallest absolute Gasteiger partial charge is 0.0412 e. The van der Waals surface area contributed by atoms with Crippen LogP contribution in [0, 0.1) is 35.5 Å². The molecule has 0 saturated heterocycles. The maximum atomic E-state index is 6.19. The Morgan fingerprint density at radius 1 is 0.700 bits per heavy atom. The molecule has 6 rings (SSSR count). The standard InChI is InChI=1S/C8H10N2/c9-7-3-1-2-5(3)8(7,10)6(2)4(1)7/h1-6H,9-10H2. The van der Waals surface area contributed by atoms with E-state index in [0.717, 1.165) is 35.5 Å². The van der Waals surface area contributed by atoms with E-state index in [1.807, 2.05) is 0 Å². The quantitative estimate of drug-likeness (QED) is 0.453. The highest BCUT2D eigenvalue weighted by Crippen LogP contribution is 3.02. The lowest BCUT2D eigenvalue weighted by Gasteiger charge is -3.10. The maximum absolute atomic E-state index is 6.19. The van der Waals surface area contributed by atoms with Crippen molar-refractivity contribution in [3.63, 3.8) is 0 Å². The first kappa shape index (κ1) is 4.07. The molecule has 2 heteroatoms. The molecule has 4 atom stereocenters. The van der Waals surface area contributed by atoms with Gasteiger partial charge in [-0.25, -0.2) is 0 Å². The third kappa shape index (κ3) is 0.102. The minimum absolute atomic E-state index is 0.182. The molecule has 0 aromatic rings. The number of rotatable bonds is 0. The van der Waals surface area contributed by atoms with E-state index in [9.17, 15) is 0 Å². The van der Waals surface area contributed by atoms with Gasteiger partial charge in [0.2, 0.25) is 0 Å². The molecule has 4 N–H and O–H groups in total. The van der Waals surface area contributed by atoms with Gasteiger partial charge in [0.25, 0.3) is 0 Å².